The highest BCUT2D eigenvalue weighted by Crippen LogP contribution is 2.25. The van der Waals surface area contributed by atoms with E-state index >= 15 is 0 Å². The van der Waals surface area contributed by atoms with Crippen molar-refractivity contribution >= 4 is 28.3 Å². The van der Waals surface area contributed by atoms with Gasteiger partial charge in [-0.3, -0.25) is 10.1 Å². The standard InChI is InChI=1S/C11H14FIN2O3/c1-14-8(6-18-2)3-7-4-9(12)10(13)5-11(7)15(16)17/h4-5,8,14H,3,6H2,1-2H3. The summed E-state index contributed by atoms with van der Waals surface area (Å²) < 4.78 is 18.7. The van der Waals surface area contributed by atoms with Crippen molar-refractivity contribution in [2.45, 2.75) is 12.5 Å². The molecule has 7 heteroatoms. The second-order valence-corrected chi connectivity index (χ2v) is 4.96. The van der Waals surface area contributed by atoms with Gasteiger partial charge in [0.25, 0.3) is 5.69 Å². The molecule has 0 aliphatic heterocycles. The van der Waals surface area contributed by atoms with Gasteiger partial charge in [-0.2, -0.15) is 0 Å². The lowest BCUT2D eigenvalue weighted by molar-refractivity contribution is -0.385. The topological polar surface area (TPSA) is 64.4 Å². The van der Waals surface area contributed by atoms with Gasteiger partial charge in [0.1, 0.15) is 5.82 Å². The van der Waals surface area contributed by atoms with Crippen molar-refractivity contribution in [3.8, 4) is 0 Å². The molecule has 1 aromatic rings. The maximum atomic E-state index is 13.5. The largest absolute Gasteiger partial charge is 0.383 e. The number of nitrogens with one attached hydrogen (secondary N) is 1. The van der Waals surface area contributed by atoms with Crippen LogP contribution in [0.15, 0.2) is 12.1 Å². The molecule has 0 amide bonds. The van der Waals surface area contributed by atoms with Crippen molar-refractivity contribution in [2.75, 3.05) is 20.8 Å². The molecule has 0 bridgehead atoms. The van der Waals surface area contributed by atoms with E-state index in [0.29, 0.717) is 18.6 Å². The number of halogens is 2. The van der Waals surface area contributed by atoms with Crippen molar-refractivity contribution < 1.29 is 14.1 Å². The first kappa shape index (κ1) is 15.3. The summed E-state index contributed by atoms with van der Waals surface area (Å²) in [6, 6.07) is 2.39. The molecule has 0 heterocycles. The molecule has 1 N–H and O–H groups in total. The lowest BCUT2D eigenvalue weighted by Crippen LogP contribution is -2.32. The summed E-state index contributed by atoms with van der Waals surface area (Å²) in [7, 11) is 3.28. The smallest absolute Gasteiger partial charge is 0.273 e. The average Bonchev–Trinajstić information content (AvgIpc) is 2.32. The average molecular weight is 368 g/mol. The summed E-state index contributed by atoms with van der Waals surface area (Å²) >= 11 is 1.74. The Kier molecular flexibility index (Phi) is 5.89. The molecule has 0 spiro atoms. The first-order valence-corrected chi connectivity index (χ1v) is 6.36. The van der Waals surface area contributed by atoms with E-state index in [0.717, 1.165) is 0 Å². The number of nitro benzene ring substituents is 1. The van der Waals surface area contributed by atoms with Crippen LogP contribution in [0.4, 0.5) is 10.1 Å². The molecule has 1 atom stereocenters. The third-order valence-electron chi connectivity index (χ3n) is 2.56. The molecule has 0 radical (unpaired) electrons. The molecule has 0 aliphatic rings. The second kappa shape index (κ2) is 6.95. The molecular weight excluding hydrogens is 354 g/mol. The van der Waals surface area contributed by atoms with E-state index in [9.17, 15) is 14.5 Å². The number of hydrogen-bond acceptors (Lipinski definition) is 4. The molecule has 1 aromatic carbocycles. The monoisotopic (exact) mass is 368 g/mol. The van der Waals surface area contributed by atoms with Gasteiger partial charge in [-0.1, -0.05) is 0 Å². The highest BCUT2D eigenvalue weighted by molar-refractivity contribution is 14.1. The van der Waals surface area contributed by atoms with Crippen LogP contribution in [0.3, 0.4) is 0 Å². The van der Waals surface area contributed by atoms with Crippen LogP contribution in [0.5, 0.6) is 0 Å². The fourth-order valence-corrected chi connectivity index (χ4v) is 2.07. The number of methoxy groups -OCH3 is 1. The van der Waals surface area contributed by atoms with Crippen molar-refractivity contribution in [2.24, 2.45) is 0 Å². The summed E-state index contributed by atoms with van der Waals surface area (Å²) in [6.07, 6.45) is 0.342. The van der Waals surface area contributed by atoms with E-state index in [1.165, 1.54) is 12.1 Å². The maximum absolute atomic E-state index is 13.5. The quantitative estimate of drug-likeness (QED) is 0.475. The van der Waals surface area contributed by atoms with Gasteiger partial charge >= 0.3 is 0 Å². The van der Waals surface area contributed by atoms with Crippen LogP contribution in [-0.4, -0.2) is 31.7 Å². The van der Waals surface area contributed by atoms with Crippen molar-refractivity contribution in [1.29, 1.82) is 0 Å². The van der Waals surface area contributed by atoms with Gasteiger partial charge in [0.15, 0.2) is 0 Å². The normalized spacial score (nSPS) is 12.4. The first-order valence-electron chi connectivity index (χ1n) is 5.28. The van der Waals surface area contributed by atoms with Crippen LogP contribution in [-0.2, 0) is 11.2 Å². The molecule has 0 saturated heterocycles. The number of ether oxygens (including phenoxy) is 1. The van der Waals surface area contributed by atoms with Crippen LogP contribution < -0.4 is 5.32 Å². The fourth-order valence-electron chi connectivity index (χ4n) is 1.62. The van der Waals surface area contributed by atoms with Crippen molar-refractivity contribution in [3.05, 3.63) is 37.2 Å². The fraction of sp³-hybridized carbons (Fsp3) is 0.455. The zero-order chi connectivity index (χ0) is 13.7. The predicted octanol–water partition coefficient (Wildman–Crippen LogP) is 2.12. The van der Waals surface area contributed by atoms with Gasteiger partial charge < -0.3 is 10.1 Å². The Bertz CT molecular complexity index is 443. The minimum atomic E-state index is -0.490. The summed E-state index contributed by atoms with van der Waals surface area (Å²) in [4.78, 5) is 10.5. The van der Waals surface area contributed by atoms with Crippen molar-refractivity contribution in [1.82, 2.24) is 5.32 Å². The Morgan fingerprint density at radius 2 is 2.28 bits per heavy atom. The summed E-state index contributed by atoms with van der Waals surface area (Å²) in [6.45, 7) is 0.404. The molecular formula is C11H14FIN2O3. The first-order chi connectivity index (χ1) is 8.49. The number of nitrogens with zero attached hydrogens (tertiary/aromatic N) is 1. The molecule has 18 heavy (non-hydrogen) atoms. The number of likely N-dealkylation sites (N-methyl/N-ethyl adjacent to an activating group) is 1. The van der Waals surface area contributed by atoms with E-state index < -0.39 is 10.7 Å². The second-order valence-electron chi connectivity index (χ2n) is 3.80. The van der Waals surface area contributed by atoms with E-state index in [1.807, 2.05) is 0 Å². The van der Waals surface area contributed by atoms with Gasteiger partial charge in [0, 0.05) is 24.8 Å². The molecule has 5 nitrogen and oxygen atoms in total. The molecule has 100 valence electrons. The van der Waals surface area contributed by atoms with Crippen LogP contribution >= 0.6 is 22.6 Å². The Morgan fingerprint density at radius 3 is 2.78 bits per heavy atom. The van der Waals surface area contributed by atoms with E-state index in [2.05, 4.69) is 5.32 Å². The summed E-state index contributed by atoms with van der Waals surface area (Å²) in [5, 5.41) is 13.9. The third-order valence-corrected chi connectivity index (χ3v) is 3.39. The van der Waals surface area contributed by atoms with Gasteiger partial charge in [0.2, 0.25) is 0 Å². The van der Waals surface area contributed by atoms with Crippen LogP contribution in [0.25, 0.3) is 0 Å². The highest BCUT2D eigenvalue weighted by Gasteiger charge is 2.20. The zero-order valence-corrected chi connectivity index (χ0v) is 12.2. The Labute approximate surface area is 118 Å². The maximum Gasteiger partial charge on any atom is 0.273 e. The Balaban J connectivity index is 3.06. The number of rotatable bonds is 6. The number of benzene rings is 1. The predicted molar refractivity (Wildman–Crippen MR) is 74.2 cm³/mol. The highest BCUT2D eigenvalue weighted by atomic mass is 127. The van der Waals surface area contributed by atoms with Crippen LogP contribution in [0.1, 0.15) is 5.56 Å². The van der Waals surface area contributed by atoms with Crippen LogP contribution in [0, 0.1) is 19.5 Å². The molecule has 0 aromatic heterocycles. The Hall–Kier alpha value is -0.800. The van der Waals surface area contributed by atoms with E-state index in [4.69, 9.17) is 4.74 Å². The van der Waals surface area contributed by atoms with E-state index in [1.54, 1.807) is 36.7 Å². The number of nitro groups is 1. The molecule has 0 aliphatic carbocycles. The SMILES string of the molecule is CNC(COC)Cc1cc(F)c(I)cc1[N+](=O)[O-]. The lowest BCUT2D eigenvalue weighted by atomic mass is 10.0. The van der Waals surface area contributed by atoms with Gasteiger partial charge in [-0.15, -0.1) is 0 Å². The van der Waals surface area contributed by atoms with Crippen molar-refractivity contribution in [3.63, 3.8) is 0 Å². The van der Waals surface area contributed by atoms with Gasteiger partial charge in [-0.25, -0.2) is 4.39 Å². The summed E-state index contributed by atoms with van der Waals surface area (Å²) in [5.41, 5.74) is 0.312. The molecule has 1 rings (SSSR count). The Morgan fingerprint density at radius 1 is 1.61 bits per heavy atom. The summed E-state index contributed by atoms with van der Waals surface area (Å²) in [5.74, 6) is -0.441. The third kappa shape index (κ3) is 3.85. The molecule has 1 unspecified atom stereocenters. The molecule has 0 saturated carbocycles. The zero-order valence-electron chi connectivity index (χ0n) is 10.1. The molecule has 0 fully saturated rings. The lowest BCUT2D eigenvalue weighted by Gasteiger charge is -2.15. The van der Waals surface area contributed by atoms with Crippen LogP contribution in [0.2, 0.25) is 0 Å². The van der Waals surface area contributed by atoms with Gasteiger partial charge in [0.05, 0.1) is 15.1 Å². The minimum Gasteiger partial charge on any atom is -0.383 e. The minimum absolute atomic E-state index is 0.0582. The van der Waals surface area contributed by atoms with E-state index in [-0.39, 0.29) is 15.3 Å². The number of hydrogen-bond donors (Lipinski definition) is 1. The van der Waals surface area contributed by atoms with Gasteiger partial charge in [-0.05, 0) is 42.1 Å².